The molecule has 0 spiro atoms. The van der Waals surface area contributed by atoms with Gasteiger partial charge >= 0.3 is 0 Å². The summed E-state index contributed by atoms with van der Waals surface area (Å²) in [5.74, 6) is 0. The molecule has 0 saturated carbocycles. The Morgan fingerprint density at radius 1 is 1.07 bits per heavy atom. The van der Waals surface area contributed by atoms with Gasteiger partial charge in [-0.05, 0) is 44.7 Å². The van der Waals surface area contributed by atoms with Gasteiger partial charge in [0.25, 0.3) is 0 Å². The minimum absolute atomic E-state index is 1.10. The monoisotopic (exact) mass is 188 g/mol. The molecule has 0 heterocycles. The molecule has 0 aliphatic carbocycles. The minimum Gasteiger partial charge on any atom is -0.0743 e. The molecule has 0 fully saturated rings. The van der Waals surface area contributed by atoms with Crippen LogP contribution in [0.1, 0.15) is 38.3 Å². The first-order chi connectivity index (χ1) is 6.65. The van der Waals surface area contributed by atoms with E-state index in [2.05, 4.69) is 52.0 Å². The topological polar surface area (TPSA) is 0 Å². The van der Waals surface area contributed by atoms with Crippen molar-refractivity contribution >= 4 is 0 Å². The van der Waals surface area contributed by atoms with Gasteiger partial charge in [-0.2, -0.15) is 0 Å². The Morgan fingerprint density at radius 2 is 1.71 bits per heavy atom. The zero-order valence-corrected chi connectivity index (χ0v) is 9.72. The molecule has 0 unspecified atom stereocenters. The van der Waals surface area contributed by atoms with Crippen LogP contribution in [0.15, 0.2) is 35.4 Å². The van der Waals surface area contributed by atoms with Gasteiger partial charge in [-0.25, -0.2) is 0 Å². The molecule has 0 aliphatic rings. The molecule has 0 N–H and O–H groups in total. The maximum atomic E-state index is 2.24. The zero-order chi connectivity index (χ0) is 10.6. The second kappa shape index (κ2) is 4.99. The van der Waals surface area contributed by atoms with E-state index in [-0.39, 0.29) is 0 Å². The van der Waals surface area contributed by atoms with Crippen molar-refractivity contribution in [3.8, 4) is 0 Å². The summed E-state index contributed by atoms with van der Waals surface area (Å²) in [6, 6.07) is 8.63. The SMILES string of the molecule is CCC(C)=C(C)Cc1ccccc1C. The molecule has 1 aromatic carbocycles. The van der Waals surface area contributed by atoms with Crippen LogP contribution in [0, 0.1) is 6.92 Å². The van der Waals surface area contributed by atoms with Crippen molar-refractivity contribution in [3.05, 3.63) is 46.5 Å². The van der Waals surface area contributed by atoms with E-state index in [1.165, 1.54) is 22.3 Å². The van der Waals surface area contributed by atoms with Gasteiger partial charge in [0.05, 0.1) is 0 Å². The summed E-state index contributed by atoms with van der Waals surface area (Å²) in [5.41, 5.74) is 5.89. The molecule has 0 atom stereocenters. The molecule has 76 valence electrons. The van der Waals surface area contributed by atoms with Gasteiger partial charge in [0.15, 0.2) is 0 Å². The van der Waals surface area contributed by atoms with Crippen molar-refractivity contribution in [3.63, 3.8) is 0 Å². The predicted molar refractivity (Wildman–Crippen MR) is 63.5 cm³/mol. The zero-order valence-electron chi connectivity index (χ0n) is 9.72. The fourth-order valence-electron chi connectivity index (χ4n) is 1.55. The molecule has 1 aromatic rings. The van der Waals surface area contributed by atoms with Gasteiger partial charge < -0.3 is 0 Å². The van der Waals surface area contributed by atoms with E-state index >= 15 is 0 Å². The second-order valence-corrected chi connectivity index (χ2v) is 4.02. The van der Waals surface area contributed by atoms with E-state index < -0.39 is 0 Å². The van der Waals surface area contributed by atoms with Crippen LogP contribution in [0.2, 0.25) is 0 Å². The highest BCUT2D eigenvalue weighted by Gasteiger charge is 2.00. The fraction of sp³-hybridized carbons (Fsp3) is 0.429. The summed E-state index contributed by atoms with van der Waals surface area (Å²) in [7, 11) is 0. The van der Waals surface area contributed by atoms with Crippen LogP contribution in [0.4, 0.5) is 0 Å². The van der Waals surface area contributed by atoms with Crippen LogP contribution in [0.25, 0.3) is 0 Å². The van der Waals surface area contributed by atoms with Crippen molar-refractivity contribution in [1.82, 2.24) is 0 Å². The molecule has 0 aromatic heterocycles. The largest absolute Gasteiger partial charge is 0.0743 e. The molecule has 0 nitrogen and oxygen atoms in total. The number of benzene rings is 1. The van der Waals surface area contributed by atoms with Crippen LogP contribution in [-0.4, -0.2) is 0 Å². The maximum absolute atomic E-state index is 2.24. The molecule has 14 heavy (non-hydrogen) atoms. The fourth-order valence-corrected chi connectivity index (χ4v) is 1.55. The first-order valence-corrected chi connectivity index (χ1v) is 5.35. The molecular weight excluding hydrogens is 168 g/mol. The molecule has 0 amide bonds. The third-order valence-corrected chi connectivity index (χ3v) is 2.98. The highest BCUT2D eigenvalue weighted by molar-refractivity contribution is 5.30. The van der Waals surface area contributed by atoms with E-state index in [1.807, 2.05) is 0 Å². The summed E-state index contributed by atoms with van der Waals surface area (Å²) in [6.07, 6.45) is 2.27. The van der Waals surface area contributed by atoms with Gasteiger partial charge in [0, 0.05) is 0 Å². The predicted octanol–water partition coefficient (Wildman–Crippen LogP) is 4.28. The van der Waals surface area contributed by atoms with E-state index in [0.29, 0.717) is 0 Å². The standard InChI is InChI=1S/C14H20/c1-5-11(2)13(4)10-14-9-7-6-8-12(14)3/h6-9H,5,10H2,1-4H3. The third-order valence-electron chi connectivity index (χ3n) is 2.98. The normalized spacial score (nSPS) is 12.6. The van der Waals surface area contributed by atoms with Gasteiger partial charge in [-0.3, -0.25) is 0 Å². The highest BCUT2D eigenvalue weighted by atomic mass is 14.1. The van der Waals surface area contributed by atoms with E-state index in [4.69, 9.17) is 0 Å². The van der Waals surface area contributed by atoms with Gasteiger partial charge in [-0.1, -0.05) is 42.3 Å². The van der Waals surface area contributed by atoms with E-state index in [9.17, 15) is 0 Å². The summed E-state index contributed by atoms with van der Waals surface area (Å²) >= 11 is 0. The maximum Gasteiger partial charge on any atom is -0.00647 e. The first kappa shape index (κ1) is 11.0. The highest BCUT2D eigenvalue weighted by Crippen LogP contribution is 2.16. The van der Waals surface area contributed by atoms with Gasteiger partial charge in [-0.15, -0.1) is 0 Å². The summed E-state index contributed by atoms with van der Waals surface area (Å²) in [6.45, 7) is 8.87. The van der Waals surface area contributed by atoms with Crippen molar-refractivity contribution in [2.24, 2.45) is 0 Å². The van der Waals surface area contributed by atoms with Crippen LogP contribution in [-0.2, 0) is 6.42 Å². The number of hydrogen-bond donors (Lipinski definition) is 0. The third kappa shape index (κ3) is 2.73. The first-order valence-electron chi connectivity index (χ1n) is 5.35. The number of rotatable bonds is 3. The second-order valence-electron chi connectivity index (χ2n) is 4.02. The smallest absolute Gasteiger partial charge is 0.00647 e. The van der Waals surface area contributed by atoms with Crippen LogP contribution in [0.5, 0.6) is 0 Å². The average molecular weight is 188 g/mol. The Labute approximate surface area is 87.7 Å². The van der Waals surface area contributed by atoms with E-state index in [0.717, 1.165) is 12.8 Å². The Bertz CT molecular complexity index is 332. The van der Waals surface area contributed by atoms with Crippen LogP contribution >= 0.6 is 0 Å². The van der Waals surface area contributed by atoms with E-state index in [1.54, 1.807) is 0 Å². The molecule has 1 rings (SSSR count). The Morgan fingerprint density at radius 3 is 2.29 bits per heavy atom. The Hall–Kier alpha value is -1.04. The Balaban J connectivity index is 2.85. The van der Waals surface area contributed by atoms with Crippen molar-refractivity contribution < 1.29 is 0 Å². The molecule has 0 bridgehead atoms. The molecule has 0 saturated heterocycles. The minimum atomic E-state index is 1.10. The van der Waals surface area contributed by atoms with Gasteiger partial charge in [0.1, 0.15) is 0 Å². The lowest BCUT2D eigenvalue weighted by molar-refractivity contribution is 0.998. The lowest BCUT2D eigenvalue weighted by Gasteiger charge is -2.08. The van der Waals surface area contributed by atoms with Crippen molar-refractivity contribution in [1.29, 1.82) is 0 Å². The van der Waals surface area contributed by atoms with Crippen molar-refractivity contribution in [2.75, 3.05) is 0 Å². The Kier molecular flexibility index (Phi) is 3.94. The lowest BCUT2D eigenvalue weighted by atomic mass is 9.98. The number of aryl methyl sites for hydroxylation is 1. The van der Waals surface area contributed by atoms with Crippen LogP contribution < -0.4 is 0 Å². The molecule has 0 heteroatoms. The molecular formula is C14H20. The quantitative estimate of drug-likeness (QED) is 0.621. The lowest BCUT2D eigenvalue weighted by Crippen LogP contribution is -1.93. The number of allylic oxidation sites excluding steroid dienone is 2. The summed E-state index contributed by atoms with van der Waals surface area (Å²) < 4.78 is 0. The summed E-state index contributed by atoms with van der Waals surface area (Å²) in [5, 5.41) is 0. The summed E-state index contributed by atoms with van der Waals surface area (Å²) in [4.78, 5) is 0. The average Bonchev–Trinajstić information content (AvgIpc) is 2.20. The number of hydrogen-bond acceptors (Lipinski definition) is 0. The van der Waals surface area contributed by atoms with Crippen molar-refractivity contribution in [2.45, 2.75) is 40.5 Å². The molecule has 0 radical (unpaired) electrons. The van der Waals surface area contributed by atoms with Crippen LogP contribution in [0.3, 0.4) is 0 Å². The molecule has 0 aliphatic heterocycles. The van der Waals surface area contributed by atoms with Gasteiger partial charge in [0.2, 0.25) is 0 Å².